The summed E-state index contributed by atoms with van der Waals surface area (Å²) in [5.41, 5.74) is 0.133. The van der Waals surface area contributed by atoms with Crippen LogP contribution in [0, 0.1) is 11.8 Å². The predicted molar refractivity (Wildman–Crippen MR) is 79.0 cm³/mol. The van der Waals surface area contributed by atoms with Gasteiger partial charge in [-0.05, 0) is 42.9 Å². The molecule has 1 fully saturated rings. The van der Waals surface area contributed by atoms with Crippen LogP contribution in [0.1, 0.15) is 57.2 Å². The fourth-order valence-corrected chi connectivity index (χ4v) is 3.22. The smallest absolute Gasteiger partial charge is 0.307 e. The SMILES string of the molecule is CC(NC1CCCC(C)C1C)c1cccc(C(F)(F)F)c1. The molecule has 4 atom stereocenters. The second-order valence-corrected chi connectivity index (χ2v) is 6.39. The number of halogens is 3. The molecule has 1 nitrogen and oxygen atoms in total. The number of rotatable bonds is 3. The third kappa shape index (κ3) is 4.00. The molecule has 2 rings (SSSR count). The molecule has 4 heteroatoms. The standard InChI is InChI=1S/C17H24F3N/c1-11-6-4-9-16(12(11)2)21-13(3)14-7-5-8-15(10-14)17(18,19)20/h5,7-8,10-13,16,21H,4,6,9H2,1-3H3. The van der Waals surface area contributed by atoms with Gasteiger partial charge in [-0.1, -0.05) is 38.8 Å². The van der Waals surface area contributed by atoms with Gasteiger partial charge in [0.25, 0.3) is 0 Å². The van der Waals surface area contributed by atoms with Crippen LogP contribution in [0.2, 0.25) is 0 Å². The average molecular weight is 299 g/mol. The molecule has 0 amide bonds. The lowest BCUT2D eigenvalue weighted by Crippen LogP contribution is -2.41. The van der Waals surface area contributed by atoms with E-state index in [4.69, 9.17) is 0 Å². The van der Waals surface area contributed by atoms with Crippen LogP contribution in [0.4, 0.5) is 13.2 Å². The van der Waals surface area contributed by atoms with Gasteiger partial charge in [0.15, 0.2) is 0 Å². The Morgan fingerprint density at radius 3 is 2.57 bits per heavy atom. The minimum Gasteiger partial charge on any atom is -0.307 e. The van der Waals surface area contributed by atoms with E-state index >= 15 is 0 Å². The fraction of sp³-hybridized carbons (Fsp3) is 0.647. The predicted octanol–water partition coefficient (Wildman–Crippen LogP) is 5.18. The molecule has 118 valence electrons. The Morgan fingerprint density at radius 1 is 1.19 bits per heavy atom. The van der Waals surface area contributed by atoms with Crippen molar-refractivity contribution in [3.63, 3.8) is 0 Å². The Labute approximate surface area is 124 Å². The summed E-state index contributed by atoms with van der Waals surface area (Å²) in [5, 5.41) is 3.53. The molecule has 1 saturated carbocycles. The number of nitrogens with one attached hydrogen (secondary N) is 1. The summed E-state index contributed by atoms with van der Waals surface area (Å²) < 4.78 is 38.3. The van der Waals surface area contributed by atoms with Gasteiger partial charge in [-0.2, -0.15) is 13.2 Å². The quantitative estimate of drug-likeness (QED) is 0.811. The molecule has 1 aliphatic carbocycles. The first-order valence-electron chi connectivity index (χ1n) is 7.72. The van der Waals surface area contributed by atoms with Crippen LogP contribution in [0.5, 0.6) is 0 Å². The van der Waals surface area contributed by atoms with E-state index in [1.807, 2.05) is 6.92 Å². The van der Waals surface area contributed by atoms with Crippen LogP contribution < -0.4 is 5.32 Å². The van der Waals surface area contributed by atoms with Crippen molar-refractivity contribution in [2.75, 3.05) is 0 Å². The van der Waals surface area contributed by atoms with Crippen LogP contribution in [0.3, 0.4) is 0 Å². The molecule has 1 aromatic carbocycles. The highest BCUT2D eigenvalue weighted by molar-refractivity contribution is 5.27. The molecule has 1 aromatic rings. The van der Waals surface area contributed by atoms with Crippen molar-refractivity contribution in [1.29, 1.82) is 0 Å². The van der Waals surface area contributed by atoms with Gasteiger partial charge in [-0.15, -0.1) is 0 Å². The van der Waals surface area contributed by atoms with Crippen molar-refractivity contribution >= 4 is 0 Å². The molecular weight excluding hydrogens is 275 g/mol. The largest absolute Gasteiger partial charge is 0.416 e. The molecule has 4 unspecified atom stereocenters. The molecule has 0 spiro atoms. The summed E-state index contributed by atoms with van der Waals surface area (Å²) in [6.07, 6.45) is -0.729. The first-order valence-corrected chi connectivity index (χ1v) is 7.72. The molecule has 0 aliphatic heterocycles. The van der Waals surface area contributed by atoms with Gasteiger partial charge in [0.05, 0.1) is 5.56 Å². The minimum absolute atomic E-state index is 0.0648. The average Bonchev–Trinajstić information content (AvgIpc) is 2.43. The van der Waals surface area contributed by atoms with Crippen LogP contribution in [-0.2, 0) is 6.18 Å². The lowest BCUT2D eigenvalue weighted by molar-refractivity contribution is -0.137. The van der Waals surface area contributed by atoms with Gasteiger partial charge < -0.3 is 5.32 Å². The van der Waals surface area contributed by atoms with Gasteiger partial charge in [0, 0.05) is 12.1 Å². The van der Waals surface area contributed by atoms with E-state index in [1.165, 1.54) is 25.0 Å². The summed E-state index contributed by atoms with van der Waals surface area (Å²) in [4.78, 5) is 0. The van der Waals surface area contributed by atoms with E-state index in [-0.39, 0.29) is 6.04 Å². The first kappa shape index (κ1) is 16.3. The lowest BCUT2D eigenvalue weighted by atomic mass is 9.77. The Hall–Kier alpha value is -1.03. The van der Waals surface area contributed by atoms with E-state index in [0.29, 0.717) is 23.4 Å². The van der Waals surface area contributed by atoms with Gasteiger partial charge in [0.2, 0.25) is 0 Å². The van der Waals surface area contributed by atoms with Gasteiger partial charge in [-0.3, -0.25) is 0 Å². The Balaban J connectivity index is 2.08. The van der Waals surface area contributed by atoms with Crippen LogP contribution in [-0.4, -0.2) is 6.04 Å². The Kier molecular flexibility index (Phi) is 4.97. The molecule has 0 heterocycles. The van der Waals surface area contributed by atoms with E-state index in [9.17, 15) is 13.2 Å². The monoisotopic (exact) mass is 299 g/mol. The summed E-state index contributed by atoms with van der Waals surface area (Å²) in [6, 6.07) is 5.96. The maximum atomic E-state index is 12.8. The molecule has 1 N–H and O–H groups in total. The maximum absolute atomic E-state index is 12.8. The first-order chi connectivity index (χ1) is 9.79. The third-order valence-corrected chi connectivity index (χ3v) is 4.88. The minimum atomic E-state index is -4.28. The van der Waals surface area contributed by atoms with Gasteiger partial charge in [-0.25, -0.2) is 0 Å². The molecular formula is C17H24F3N. The van der Waals surface area contributed by atoms with E-state index < -0.39 is 11.7 Å². The van der Waals surface area contributed by atoms with E-state index in [0.717, 1.165) is 12.5 Å². The van der Waals surface area contributed by atoms with Crippen molar-refractivity contribution in [2.45, 2.75) is 58.3 Å². The highest BCUT2D eigenvalue weighted by atomic mass is 19.4. The molecule has 21 heavy (non-hydrogen) atoms. The van der Waals surface area contributed by atoms with Crippen molar-refractivity contribution in [3.05, 3.63) is 35.4 Å². The molecule has 0 bridgehead atoms. The maximum Gasteiger partial charge on any atom is 0.416 e. The normalized spacial score (nSPS) is 28.4. The molecule has 0 saturated heterocycles. The Bertz CT molecular complexity index is 469. The summed E-state index contributed by atoms with van der Waals surface area (Å²) in [7, 11) is 0. The zero-order chi connectivity index (χ0) is 15.6. The van der Waals surface area contributed by atoms with Crippen molar-refractivity contribution in [3.8, 4) is 0 Å². The third-order valence-electron chi connectivity index (χ3n) is 4.88. The zero-order valence-electron chi connectivity index (χ0n) is 12.9. The number of alkyl halides is 3. The van der Waals surface area contributed by atoms with Crippen molar-refractivity contribution < 1.29 is 13.2 Å². The van der Waals surface area contributed by atoms with Crippen LogP contribution in [0.15, 0.2) is 24.3 Å². The molecule has 0 aromatic heterocycles. The number of benzene rings is 1. The van der Waals surface area contributed by atoms with Crippen LogP contribution >= 0.6 is 0 Å². The summed E-state index contributed by atoms with van der Waals surface area (Å²) >= 11 is 0. The van der Waals surface area contributed by atoms with Crippen molar-refractivity contribution in [2.24, 2.45) is 11.8 Å². The fourth-order valence-electron chi connectivity index (χ4n) is 3.22. The summed E-state index contributed by atoms with van der Waals surface area (Å²) in [6.45, 7) is 6.44. The second-order valence-electron chi connectivity index (χ2n) is 6.39. The second kappa shape index (κ2) is 6.39. The molecule has 1 aliphatic rings. The number of hydrogen-bond donors (Lipinski definition) is 1. The molecule has 0 radical (unpaired) electrons. The topological polar surface area (TPSA) is 12.0 Å². The van der Waals surface area contributed by atoms with Gasteiger partial charge in [0.1, 0.15) is 0 Å². The van der Waals surface area contributed by atoms with E-state index in [2.05, 4.69) is 19.2 Å². The highest BCUT2D eigenvalue weighted by Gasteiger charge is 2.31. The van der Waals surface area contributed by atoms with E-state index in [1.54, 1.807) is 6.07 Å². The van der Waals surface area contributed by atoms with Crippen molar-refractivity contribution in [1.82, 2.24) is 5.32 Å². The highest BCUT2D eigenvalue weighted by Crippen LogP contribution is 2.33. The number of hydrogen-bond acceptors (Lipinski definition) is 1. The lowest BCUT2D eigenvalue weighted by Gasteiger charge is -2.36. The van der Waals surface area contributed by atoms with Gasteiger partial charge >= 0.3 is 6.18 Å². The Morgan fingerprint density at radius 2 is 1.90 bits per heavy atom. The summed E-state index contributed by atoms with van der Waals surface area (Å²) in [5.74, 6) is 1.23. The van der Waals surface area contributed by atoms with Crippen LogP contribution in [0.25, 0.3) is 0 Å². The zero-order valence-corrected chi connectivity index (χ0v) is 12.9.